The van der Waals surface area contributed by atoms with Crippen molar-refractivity contribution in [3.8, 4) is 11.5 Å². The van der Waals surface area contributed by atoms with Gasteiger partial charge in [0.1, 0.15) is 30.3 Å². The lowest BCUT2D eigenvalue weighted by Gasteiger charge is -2.32. The number of ether oxygens (including phenoxy) is 3. The van der Waals surface area contributed by atoms with E-state index in [2.05, 4.69) is 21.9 Å². The average Bonchev–Trinajstić information content (AvgIpc) is 3.04. The van der Waals surface area contributed by atoms with Crippen LogP contribution < -0.4 is 9.47 Å². The summed E-state index contributed by atoms with van der Waals surface area (Å²) >= 11 is 0. The van der Waals surface area contributed by atoms with Crippen LogP contribution in [-0.2, 0) is 16.1 Å². The fraction of sp³-hybridized carbons (Fsp3) is 0.536. The zero-order valence-corrected chi connectivity index (χ0v) is 21.5. The molecule has 0 aromatic heterocycles. The zero-order chi connectivity index (χ0) is 25.4. The minimum atomic E-state index is -1.18. The minimum Gasteiger partial charge on any atom is -0.492 e. The molecule has 0 aliphatic carbocycles. The Kier molecular flexibility index (Phi) is 9.20. The van der Waals surface area contributed by atoms with E-state index in [4.69, 9.17) is 14.2 Å². The van der Waals surface area contributed by atoms with Gasteiger partial charge in [-0.3, -0.25) is 14.6 Å². The molecule has 2 aromatic carbocycles. The highest BCUT2D eigenvalue weighted by atomic mass is 16.5. The summed E-state index contributed by atoms with van der Waals surface area (Å²) in [5, 5.41) is 11.5. The molecule has 2 fully saturated rings. The van der Waals surface area contributed by atoms with Gasteiger partial charge in [0.15, 0.2) is 0 Å². The highest BCUT2D eigenvalue weighted by molar-refractivity contribution is 5.73. The Labute approximate surface area is 214 Å². The Morgan fingerprint density at radius 2 is 1.75 bits per heavy atom. The van der Waals surface area contributed by atoms with Gasteiger partial charge in [0.2, 0.25) is 5.91 Å². The second kappa shape index (κ2) is 12.5. The third-order valence-corrected chi connectivity index (χ3v) is 6.75. The molecule has 196 valence electrons. The lowest BCUT2D eigenvalue weighted by atomic mass is 10.0. The number of β-amino-alcohol motifs (C(OH)–C–C–N with tert-alkyl or cyclic N) is 1. The van der Waals surface area contributed by atoms with Gasteiger partial charge in [0, 0.05) is 52.7 Å². The summed E-state index contributed by atoms with van der Waals surface area (Å²) in [7, 11) is 0. The molecule has 1 atom stereocenters. The van der Waals surface area contributed by atoms with Crippen LogP contribution in [0.1, 0.15) is 18.1 Å². The molecule has 2 aliphatic heterocycles. The molecule has 4 rings (SSSR count). The first-order chi connectivity index (χ1) is 17.4. The van der Waals surface area contributed by atoms with E-state index >= 15 is 0 Å². The number of rotatable bonds is 9. The molecule has 2 heterocycles. The number of benzene rings is 2. The van der Waals surface area contributed by atoms with Gasteiger partial charge in [-0.25, -0.2) is 0 Å². The van der Waals surface area contributed by atoms with Gasteiger partial charge in [0.25, 0.3) is 0 Å². The summed E-state index contributed by atoms with van der Waals surface area (Å²) in [5.74, 6) is 1.52. The normalized spacial score (nSPS) is 21.7. The van der Waals surface area contributed by atoms with Crippen molar-refractivity contribution < 1.29 is 24.1 Å². The smallest absolute Gasteiger partial charge is 0.219 e. The predicted octanol–water partition coefficient (Wildman–Crippen LogP) is 2.18. The topological polar surface area (TPSA) is 74.7 Å². The van der Waals surface area contributed by atoms with E-state index in [1.54, 1.807) is 11.8 Å². The van der Waals surface area contributed by atoms with Gasteiger partial charge in [-0.05, 0) is 36.8 Å². The Balaban J connectivity index is 1.36. The van der Waals surface area contributed by atoms with Crippen LogP contribution in [0, 0.1) is 6.92 Å². The zero-order valence-electron chi connectivity index (χ0n) is 21.5. The molecule has 0 saturated carbocycles. The highest BCUT2D eigenvalue weighted by Crippen LogP contribution is 2.21. The second-order valence-electron chi connectivity index (χ2n) is 9.93. The maximum absolute atomic E-state index is 12.2. The van der Waals surface area contributed by atoms with Crippen molar-refractivity contribution >= 4 is 5.91 Å². The van der Waals surface area contributed by atoms with Gasteiger partial charge in [-0.2, -0.15) is 0 Å². The standard InChI is InChI=1S/C28H39N3O5/c1-23-6-8-26(9-7-23)36-22-28(33)20-30(10-11-31(21-28)24(2)32)19-25-4-3-5-27(18-25)35-17-14-29-12-15-34-16-13-29/h3-9,18,33H,10-17,19-22H2,1-2H3/t28-/m1/s1. The first-order valence-corrected chi connectivity index (χ1v) is 12.8. The van der Waals surface area contributed by atoms with E-state index in [0.717, 1.165) is 49.7 Å². The Hall–Kier alpha value is -2.65. The quantitative estimate of drug-likeness (QED) is 0.569. The summed E-state index contributed by atoms with van der Waals surface area (Å²) in [4.78, 5) is 18.5. The maximum atomic E-state index is 12.2. The van der Waals surface area contributed by atoms with Gasteiger partial charge in [-0.15, -0.1) is 0 Å². The molecule has 8 nitrogen and oxygen atoms in total. The van der Waals surface area contributed by atoms with Crippen molar-refractivity contribution in [1.82, 2.24) is 14.7 Å². The first-order valence-electron chi connectivity index (χ1n) is 12.8. The van der Waals surface area contributed by atoms with Crippen LogP contribution in [0.5, 0.6) is 11.5 Å². The summed E-state index contributed by atoms with van der Waals surface area (Å²) in [5.41, 5.74) is 1.08. The maximum Gasteiger partial charge on any atom is 0.219 e. The lowest BCUT2D eigenvalue weighted by molar-refractivity contribution is -0.132. The molecule has 36 heavy (non-hydrogen) atoms. The number of hydrogen-bond donors (Lipinski definition) is 1. The number of aliphatic hydroxyl groups is 1. The molecule has 1 amide bonds. The van der Waals surface area contributed by atoms with E-state index in [0.29, 0.717) is 38.5 Å². The van der Waals surface area contributed by atoms with Crippen LogP contribution in [-0.4, -0.2) is 104 Å². The van der Waals surface area contributed by atoms with Gasteiger partial charge < -0.3 is 24.2 Å². The number of carbonyl (C=O) groups excluding carboxylic acids is 1. The fourth-order valence-electron chi connectivity index (χ4n) is 4.70. The first kappa shape index (κ1) is 26.4. The van der Waals surface area contributed by atoms with Crippen molar-refractivity contribution in [2.45, 2.75) is 26.0 Å². The fourth-order valence-corrected chi connectivity index (χ4v) is 4.70. The number of carbonyl (C=O) groups is 1. The molecule has 0 bridgehead atoms. The van der Waals surface area contributed by atoms with Crippen LogP contribution in [0.15, 0.2) is 48.5 Å². The number of morpholine rings is 1. The van der Waals surface area contributed by atoms with E-state index in [-0.39, 0.29) is 19.1 Å². The van der Waals surface area contributed by atoms with Gasteiger partial charge in [-0.1, -0.05) is 29.8 Å². The van der Waals surface area contributed by atoms with Crippen LogP contribution in [0.3, 0.4) is 0 Å². The van der Waals surface area contributed by atoms with E-state index < -0.39 is 5.60 Å². The summed E-state index contributed by atoms with van der Waals surface area (Å²) in [6.07, 6.45) is 0. The minimum absolute atomic E-state index is 0.0405. The Morgan fingerprint density at radius 3 is 2.50 bits per heavy atom. The molecule has 0 radical (unpaired) electrons. The van der Waals surface area contributed by atoms with Crippen molar-refractivity contribution in [2.75, 3.05) is 72.2 Å². The van der Waals surface area contributed by atoms with E-state index in [9.17, 15) is 9.90 Å². The summed E-state index contributed by atoms with van der Waals surface area (Å²) < 4.78 is 17.4. The highest BCUT2D eigenvalue weighted by Gasteiger charge is 2.37. The van der Waals surface area contributed by atoms with Crippen molar-refractivity contribution in [2.24, 2.45) is 0 Å². The van der Waals surface area contributed by atoms with Crippen molar-refractivity contribution in [1.29, 1.82) is 0 Å². The van der Waals surface area contributed by atoms with Crippen LogP contribution in [0.4, 0.5) is 0 Å². The number of aryl methyl sites for hydroxylation is 1. The third kappa shape index (κ3) is 7.93. The average molecular weight is 498 g/mol. The SMILES string of the molecule is CC(=O)N1CCN(Cc2cccc(OCCN3CCOCC3)c2)C[C@](O)(COc2ccc(C)cc2)C1. The molecular formula is C28H39N3O5. The van der Waals surface area contributed by atoms with Crippen LogP contribution in [0.25, 0.3) is 0 Å². The molecule has 0 unspecified atom stereocenters. The molecule has 8 heteroatoms. The third-order valence-electron chi connectivity index (χ3n) is 6.75. The molecule has 2 aromatic rings. The molecule has 1 N–H and O–H groups in total. The number of nitrogens with zero attached hydrogens (tertiary/aromatic N) is 3. The number of amides is 1. The van der Waals surface area contributed by atoms with Gasteiger partial charge >= 0.3 is 0 Å². The molecular weight excluding hydrogens is 458 g/mol. The summed E-state index contributed by atoms with van der Waals surface area (Å²) in [6.45, 7) is 11.2. The predicted molar refractivity (Wildman–Crippen MR) is 138 cm³/mol. The summed E-state index contributed by atoms with van der Waals surface area (Å²) in [6, 6.07) is 15.9. The van der Waals surface area contributed by atoms with E-state index in [1.807, 2.05) is 43.3 Å². The largest absolute Gasteiger partial charge is 0.492 e. The molecule has 0 spiro atoms. The second-order valence-corrected chi connectivity index (χ2v) is 9.93. The van der Waals surface area contributed by atoms with Crippen molar-refractivity contribution in [3.05, 3.63) is 59.7 Å². The van der Waals surface area contributed by atoms with E-state index in [1.165, 1.54) is 0 Å². The monoisotopic (exact) mass is 497 g/mol. The molecule has 2 aliphatic rings. The number of hydrogen-bond acceptors (Lipinski definition) is 7. The van der Waals surface area contributed by atoms with Gasteiger partial charge in [0.05, 0.1) is 19.8 Å². The Morgan fingerprint density at radius 1 is 0.972 bits per heavy atom. The lowest BCUT2D eigenvalue weighted by Crippen LogP contribution is -2.51. The molecule has 2 saturated heterocycles. The van der Waals surface area contributed by atoms with Crippen LogP contribution in [0.2, 0.25) is 0 Å². The van der Waals surface area contributed by atoms with Crippen LogP contribution >= 0.6 is 0 Å². The van der Waals surface area contributed by atoms with Crippen molar-refractivity contribution in [3.63, 3.8) is 0 Å². The Bertz CT molecular complexity index is 979.